The third kappa shape index (κ3) is 29.6. The molecule has 12 aliphatic carbocycles. The third-order valence-electron chi connectivity index (χ3n) is 17.9. The molecule has 0 aliphatic heterocycles. The van der Waals surface area contributed by atoms with Crippen LogP contribution in [0.25, 0.3) is 0 Å². The lowest BCUT2D eigenvalue weighted by atomic mass is 9.65. The molecule has 0 heterocycles. The van der Waals surface area contributed by atoms with Crippen LogP contribution in [0.3, 0.4) is 0 Å². The monoisotopic (exact) mass is 907 g/mol. The second-order valence-corrected chi connectivity index (χ2v) is 28.5. The SMILES string of the molecule is CC1(C(F)F)CC1.CC1(C)CC1.CC1(C)CCC1.CC1(C2CC2)CC1.CC1(CF)CC1.CC1CC(C)(C)C1.CC1CCC1.CC1CCC1.CC1CCC1.CC1CCC1.CCC1(C)CC1. The largest absolute Gasteiger partial charge is 0.251 e. The fourth-order valence-electron chi connectivity index (χ4n) is 8.13. The van der Waals surface area contributed by atoms with Gasteiger partial charge in [0.25, 0.3) is 0 Å². The summed E-state index contributed by atoms with van der Waals surface area (Å²) in [6.45, 7) is 36.0. The van der Waals surface area contributed by atoms with E-state index in [9.17, 15) is 13.2 Å². The van der Waals surface area contributed by atoms with Crippen molar-refractivity contribution in [3.63, 3.8) is 0 Å². The van der Waals surface area contributed by atoms with Gasteiger partial charge in [-0.15, -0.1) is 0 Å². The molecule has 0 nitrogen and oxygen atoms in total. The van der Waals surface area contributed by atoms with Gasteiger partial charge in [-0.25, -0.2) is 8.78 Å². The van der Waals surface area contributed by atoms with Gasteiger partial charge in [0.15, 0.2) is 0 Å². The van der Waals surface area contributed by atoms with Crippen LogP contribution < -0.4 is 0 Å². The Balaban J connectivity index is 0.000000243. The van der Waals surface area contributed by atoms with E-state index in [1.165, 1.54) is 167 Å². The van der Waals surface area contributed by atoms with Crippen LogP contribution in [0.4, 0.5) is 13.2 Å². The minimum Gasteiger partial charge on any atom is -0.251 e. The van der Waals surface area contributed by atoms with Crippen molar-refractivity contribution in [2.45, 2.75) is 310 Å². The van der Waals surface area contributed by atoms with Gasteiger partial charge < -0.3 is 0 Å². The average molecular weight is 908 g/mol. The molecule has 0 unspecified atom stereocenters. The summed E-state index contributed by atoms with van der Waals surface area (Å²) in [5, 5.41) is 0. The highest BCUT2D eigenvalue weighted by Gasteiger charge is 2.49. The number of hydrogen-bond acceptors (Lipinski definition) is 0. The Kier molecular flexibility index (Phi) is 25.5. The fourth-order valence-corrected chi connectivity index (χ4v) is 8.13. The summed E-state index contributed by atoms with van der Waals surface area (Å²) in [7, 11) is 0. The zero-order valence-electron chi connectivity index (χ0n) is 46.6. The molecular formula is C61H117F3. The lowest BCUT2D eigenvalue weighted by Gasteiger charge is -2.40. The molecule has 0 aromatic heterocycles. The topological polar surface area (TPSA) is 0 Å². The molecule has 64 heavy (non-hydrogen) atoms. The summed E-state index contributed by atoms with van der Waals surface area (Å²) in [6, 6.07) is 0. The maximum Gasteiger partial charge on any atom is 0.243 e. The zero-order valence-corrected chi connectivity index (χ0v) is 46.6. The highest BCUT2D eigenvalue weighted by atomic mass is 19.3. The molecule has 12 fully saturated rings. The van der Waals surface area contributed by atoms with Crippen LogP contribution in [0.15, 0.2) is 0 Å². The van der Waals surface area contributed by atoms with E-state index in [-0.39, 0.29) is 12.1 Å². The summed E-state index contributed by atoms with van der Waals surface area (Å²) in [5.74, 6) is 6.43. The van der Waals surface area contributed by atoms with Crippen molar-refractivity contribution in [3.8, 4) is 0 Å². The van der Waals surface area contributed by atoms with Crippen molar-refractivity contribution in [2.75, 3.05) is 6.67 Å². The average Bonchev–Trinajstić information content (AvgIpc) is 3.95. The molecule has 382 valence electrons. The summed E-state index contributed by atoms with van der Waals surface area (Å²) in [5.41, 5.74) is 3.36. The number of halogens is 3. The summed E-state index contributed by atoms with van der Waals surface area (Å²) >= 11 is 0. The van der Waals surface area contributed by atoms with E-state index >= 15 is 0 Å². The molecule has 0 spiro atoms. The van der Waals surface area contributed by atoms with E-state index < -0.39 is 11.8 Å². The van der Waals surface area contributed by atoms with Crippen molar-refractivity contribution >= 4 is 0 Å². The first-order valence-corrected chi connectivity index (χ1v) is 28.4. The van der Waals surface area contributed by atoms with E-state index in [2.05, 4.69) is 96.9 Å². The van der Waals surface area contributed by atoms with Gasteiger partial charge in [0, 0.05) is 5.41 Å². The van der Waals surface area contributed by atoms with Crippen LogP contribution >= 0.6 is 0 Å². The minimum atomic E-state index is -2.09. The molecule has 0 radical (unpaired) electrons. The standard InChI is InChI=1S/C7H12.C7H14.2C6H12.C5H8F2.C5H9F.5C5H10/c1-7(4-5-7)6-2-3-6;1-6-4-7(2,3)5-6;1-6(2)4-3-5-6;1-3-6(2)4-5-6;1-5(2-3-5)4(6)7;1-5(4-6)2-3-5;1-5(2)3-4-5;4*1-5-3-2-4-5/h6H,2-5H2,1H3;6H,4-5H2,1-3H3;2*3-5H2,1-2H3;4H,2-3H2,1H3;2-4H2,1H3;3-4H2,1-2H3;4*5H,2-4H2,1H3. The van der Waals surface area contributed by atoms with Crippen molar-refractivity contribution in [1.82, 2.24) is 0 Å². The zero-order chi connectivity index (χ0) is 48.5. The predicted octanol–water partition coefficient (Wildman–Crippen LogP) is 21.9. The number of hydrogen-bond donors (Lipinski definition) is 0. The lowest BCUT2D eigenvalue weighted by Crippen LogP contribution is -2.29. The van der Waals surface area contributed by atoms with Crippen LogP contribution in [-0.2, 0) is 0 Å². The van der Waals surface area contributed by atoms with E-state index in [0.717, 1.165) is 70.0 Å². The molecule has 0 aromatic carbocycles. The molecule has 12 rings (SSSR count). The number of rotatable bonds is 4. The van der Waals surface area contributed by atoms with Crippen molar-refractivity contribution in [3.05, 3.63) is 0 Å². The lowest BCUT2D eigenvalue weighted by molar-refractivity contribution is 0.0721. The smallest absolute Gasteiger partial charge is 0.243 e. The van der Waals surface area contributed by atoms with Gasteiger partial charge in [0.2, 0.25) is 6.43 Å². The van der Waals surface area contributed by atoms with Gasteiger partial charge in [0.1, 0.15) is 0 Å². The maximum atomic E-state index is 11.6. The van der Waals surface area contributed by atoms with Crippen LogP contribution in [0.5, 0.6) is 0 Å². The Morgan fingerprint density at radius 1 is 0.391 bits per heavy atom. The Hall–Kier alpha value is -0.210. The molecule has 12 saturated carbocycles. The van der Waals surface area contributed by atoms with Crippen LogP contribution in [0.1, 0.15) is 303 Å². The van der Waals surface area contributed by atoms with Gasteiger partial charge in [-0.3, -0.25) is 4.39 Å². The van der Waals surface area contributed by atoms with Gasteiger partial charge in [-0.1, -0.05) is 201 Å². The molecule has 0 amide bonds. The predicted molar refractivity (Wildman–Crippen MR) is 279 cm³/mol. The van der Waals surface area contributed by atoms with Crippen LogP contribution in [0.2, 0.25) is 0 Å². The highest BCUT2D eigenvalue weighted by molar-refractivity contribution is 5.00. The first-order chi connectivity index (χ1) is 29.6. The van der Waals surface area contributed by atoms with Gasteiger partial charge in [-0.05, 0) is 171 Å². The molecule has 0 N–H and O–H groups in total. The quantitative estimate of drug-likeness (QED) is 0.264. The number of alkyl halides is 3. The Labute approximate surface area is 401 Å². The van der Waals surface area contributed by atoms with Crippen molar-refractivity contribution in [2.24, 2.45) is 73.4 Å². The maximum absolute atomic E-state index is 11.6. The second kappa shape index (κ2) is 27.3. The minimum absolute atomic E-state index is 0.118. The van der Waals surface area contributed by atoms with Crippen molar-refractivity contribution in [1.29, 1.82) is 0 Å². The first kappa shape index (κ1) is 59.9. The first-order valence-electron chi connectivity index (χ1n) is 28.4. The summed E-state index contributed by atoms with van der Waals surface area (Å²) in [6.07, 6.45) is 40.0. The van der Waals surface area contributed by atoms with Gasteiger partial charge >= 0.3 is 0 Å². The fraction of sp³-hybridized carbons (Fsp3) is 1.00. The Morgan fingerprint density at radius 2 is 0.688 bits per heavy atom. The van der Waals surface area contributed by atoms with Gasteiger partial charge in [0.05, 0.1) is 6.67 Å². The van der Waals surface area contributed by atoms with E-state index in [1.807, 2.05) is 6.92 Å². The highest BCUT2D eigenvalue weighted by Crippen LogP contribution is 2.60. The molecule has 0 atom stereocenters. The molecule has 3 heteroatoms. The molecule has 0 bridgehead atoms. The normalized spacial score (nSPS) is 28.1. The summed E-state index contributed by atoms with van der Waals surface area (Å²) in [4.78, 5) is 0. The van der Waals surface area contributed by atoms with Crippen molar-refractivity contribution < 1.29 is 13.2 Å². The Morgan fingerprint density at radius 3 is 0.703 bits per heavy atom. The third-order valence-corrected chi connectivity index (χ3v) is 17.9. The van der Waals surface area contributed by atoms with E-state index in [1.54, 1.807) is 6.92 Å². The molecule has 0 saturated heterocycles. The van der Waals surface area contributed by atoms with E-state index in [0.29, 0.717) is 18.3 Å². The second-order valence-electron chi connectivity index (χ2n) is 28.5. The van der Waals surface area contributed by atoms with Gasteiger partial charge in [-0.2, -0.15) is 0 Å². The summed E-state index contributed by atoms with van der Waals surface area (Å²) < 4.78 is 34.8. The molecule has 12 aliphatic rings. The molecular weight excluding hydrogens is 790 g/mol. The Bertz CT molecular complexity index is 1080. The molecule has 0 aromatic rings. The van der Waals surface area contributed by atoms with E-state index in [4.69, 9.17) is 0 Å². The van der Waals surface area contributed by atoms with Crippen LogP contribution in [0, 0.1) is 73.4 Å². The van der Waals surface area contributed by atoms with Crippen LogP contribution in [-0.4, -0.2) is 13.1 Å².